The van der Waals surface area contributed by atoms with Crippen LogP contribution in [0.2, 0.25) is 0 Å². The van der Waals surface area contributed by atoms with Gasteiger partial charge in [-0.3, -0.25) is 14.9 Å². The minimum absolute atomic E-state index is 0.0377. The van der Waals surface area contributed by atoms with E-state index in [0.717, 1.165) is 4.31 Å². The van der Waals surface area contributed by atoms with E-state index in [9.17, 15) is 36.5 Å². The Morgan fingerprint density at radius 1 is 1.00 bits per heavy atom. The van der Waals surface area contributed by atoms with Crippen LogP contribution in [0.25, 0.3) is 0 Å². The van der Waals surface area contributed by atoms with Crippen LogP contribution in [0.3, 0.4) is 0 Å². The molecule has 0 atom stereocenters. The fourth-order valence-electron chi connectivity index (χ4n) is 3.14. The van der Waals surface area contributed by atoms with Gasteiger partial charge < -0.3 is 4.90 Å². The lowest BCUT2D eigenvalue weighted by molar-refractivity contribution is -0.385. The molecule has 1 aliphatic heterocycles. The van der Waals surface area contributed by atoms with Crippen molar-refractivity contribution >= 4 is 21.6 Å². The first kappa shape index (κ1) is 21.7. The lowest BCUT2D eigenvalue weighted by atomic mass is 10.1. The van der Waals surface area contributed by atoms with Gasteiger partial charge in [-0.2, -0.15) is 4.31 Å². The highest BCUT2D eigenvalue weighted by Gasteiger charge is 2.33. The fraction of sp³-hybridized carbons (Fsp3) is 0.278. The molecule has 0 saturated carbocycles. The number of nitrogens with zero attached hydrogens (tertiary/aromatic N) is 3. The summed E-state index contributed by atoms with van der Waals surface area (Å²) in [6.45, 7) is -0.458. The lowest BCUT2D eigenvalue weighted by Crippen LogP contribution is -2.51. The van der Waals surface area contributed by atoms with Crippen molar-refractivity contribution in [3.8, 4) is 0 Å². The molecule has 0 radical (unpaired) electrons. The first-order valence-corrected chi connectivity index (χ1v) is 10.2. The third kappa shape index (κ3) is 4.14. The summed E-state index contributed by atoms with van der Waals surface area (Å²) in [5.41, 5.74) is 0.0345. The number of benzene rings is 2. The van der Waals surface area contributed by atoms with E-state index in [-0.39, 0.29) is 43.9 Å². The van der Waals surface area contributed by atoms with Gasteiger partial charge in [-0.15, -0.1) is 0 Å². The number of rotatable bonds is 5. The second-order valence-corrected chi connectivity index (χ2v) is 8.43. The Balaban J connectivity index is 1.70. The first-order valence-electron chi connectivity index (χ1n) is 8.76. The van der Waals surface area contributed by atoms with Gasteiger partial charge in [0.05, 0.1) is 11.3 Å². The normalized spacial score (nSPS) is 15.2. The van der Waals surface area contributed by atoms with E-state index in [4.69, 9.17) is 0 Å². The number of nitro benzene ring substituents is 1. The molecule has 1 amide bonds. The van der Waals surface area contributed by atoms with Gasteiger partial charge in [0.2, 0.25) is 15.9 Å². The van der Waals surface area contributed by atoms with E-state index < -0.39 is 43.2 Å². The molecule has 0 aliphatic carbocycles. The molecule has 0 N–H and O–H groups in total. The molecule has 2 aromatic rings. The van der Waals surface area contributed by atoms with Crippen molar-refractivity contribution in [1.82, 2.24) is 9.21 Å². The van der Waals surface area contributed by atoms with Crippen molar-refractivity contribution in [3.63, 3.8) is 0 Å². The Kier molecular flexibility index (Phi) is 6.08. The zero-order valence-corrected chi connectivity index (χ0v) is 16.2. The van der Waals surface area contributed by atoms with Crippen LogP contribution in [0, 0.1) is 27.6 Å². The van der Waals surface area contributed by atoms with Crippen LogP contribution < -0.4 is 0 Å². The van der Waals surface area contributed by atoms with Crippen LogP contribution in [0.1, 0.15) is 5.56 Å². The summed E-state index contributed by atoms with van der Waals surface area (Å²) in [5.74, 6) is -5.61. The van der Waals surface area contributed by atoms with E-state index in [0.29, 0.717) is 12.1 Å². The minimum atomic E-state index is -4.43. The van der Waals surface area contributed by atoms with E-state index in [2.05, 4.69) is 0 Å². The third-order valence-electron chi connectivity index (χ3n) is 4.74. The SMILES string of the molecule is O=C(Cc1ccccc1[N+](=O)[O-])N1CCN(S(=O)(=O)c2ccc(F)c(F)c2F)CC1. The van der Waals surface area contributed by atoms with E-state index >= 15 is 0 Å². The summed E-state index contributed by atoms with van der Waals surface area (Å²) < 4.78 is 66.4. The van der Waals surface area contributed by atoms with Gasteiger partial charge in [0.1, 0.15) is 4.90 Å². The van der Waals surface area contributed by atoms with Crippen LogP contribution in [0.15, 0.2) is 41.3 Å². The molecule has 2 aromatic carbocycles. The molecule has 0 bridgehead atoms. The highest BCUT2D eigenvalue weighted by Crippen LogP contribution is 2.24. The number of carbonyl (C=O) groups is 1. The van der Waals surface area contributed by atoms with Crippen LogP contribution in [-0.2, 0) is 21.2 Å². The van der Waals surface area contributed by atoms with E-state index in [1.807, 2.05) is 0 Å². The second kappa shape index (κ2) is 8.40. The molecule has 0 unspecified atom stereocenters. The predicted molar refractivity (Wildman–Crippen MR) is 98.5 cm³/mol. The molecule has 1 saturated heterocycles. The van der Waals surface area contributed by atoms with Crippen molar-refractivity contribution in [2.24, 2.45) is 0 Å². The van der Waals surface area contributed by atoms with Crippen LogP contribution in [0.5, 0.6) is 0 Å². The lowest BCUT2D eigenvalue weighted by Gasteiger charge is -2.34. The fourth-order valence-corrected chi connectivity index (χ4v) is 4.62. The summed E-state index contributed by atoms with van der Waals surface area (Å²) in [5, 5.41) is 11.1. The summed E-state index contributed by atoms with van der Waals surface area (Å²) in [4.78, 5) is 23.3. The number of sulfonamides is 1. The molecule has 0 aromatic heterocycles. The highest BCUT2D eigenvalue weighted by atomic mass is 32.2. The Morgan fingerprint density at radius 3 is 2.27 bits per heavy atom. The molecule has 0 spiro atoms. The topological polar surface area (TPSA) is 101 Å². The largest absolute Gasteiger partial charge is 0.340 e. The quantitative estimate of drug-likeness (QED) is 0.400. The molecule has 30 heavy (non-hydrogen) atoms. The number of hydrogen-bond acceptors (Lipinski definition) is 5. The first-order chi connectivity index (χ1) is 14.1. The zero-order valence-electron chi connectivity index (χ0n) is 15.4. The maximum absolute atomic E-state index is 13.9. The van der Waals surface area contributed by atoms with Gasteiger partial charge in [-0.1, -0.05) is 18.2 Å². The maximum Gasteiger partial charge on any atom is 0.273 e. The van der Waals surface area contributed by atoms with Crippen LogP contribution in [0.4, 0.5) is 18.9 Å². The number of hydrogen-bond donors (Lipinski definition) is 0. The summed E-state index contributed by atoms with van der Waals surface area (Å²) in [7, 11) is -4.43. The highest BCUT2D eigenvalue weighted by molar-refractivity contribution is 7.89. The third-order valence-corrected chi connectivity index (χ3v) is 6.66. The average Bonchev–Trinajstić information content (AvgIpc) is 2.72. The molecular weight excluding hydrogens is 427 g/mol. The number of piperazine rings is 1. The van der Waals surface area contributed by atoms with Crippen molar-refractivity contribution in [1.29, 1.82) is 0 Å². The van der Waals surface area contributed by atoms with Gasteiger partial charge >= 0.3 is 0 Å². The molecule has 1 aliphatic rings. The van der Waals surface area contributed by atoms with Crippen LogP contribution >= 0.6 is 0 Å². The molecule has 1 fully saturated rings. The number of nitro groups is 1. The minimum Gasteiger partial charge on any atom is -0.340 e. The van der Waals surface area contributed by atoms with Gasteiger partial charge in [0.15, 0.2) is 17.5 Å². The Hall–Kier alpha value is -2.99. The van der Waals surface area contributed by atoms with Gasteiger partial charge in [0.25, 0.3) is 5.69 Å². The van der Waals surface area contributed by atoms with Crippen molar-refractivity contribution < 1.29 is 31.3 Å². The predicted octanol–water partition coefficient (Wildman–Crippen LogP) is 2.09. The molecule has 12 heteroatoms. The van der Waals surface area contributed by atoms with Gasteiger partial charge in [-0.05, 0) is 12.1 Å². The van der Waals surface area contributed by atoms with Crippen molar-refractivity contribution in [2.45, 2.75) is 11.3 Å². The molecule has 3 rings (SSSR count). The molecular formula is C18H16F3N3O5S. The number of para-hydroxylation sites is 1. The Morgan fingerprint density at radius 2 is 1.63 bits per heavy atom. The smallest absolute Gasteiger partial charge is 0.273 e. The Bertz CT molecular complexity index is 1100. The van der Waals surface area contributed by atoms with Gasteiger partial charge in [0, 0.05) is 37.8 Å². The van der Waals surface area contributed by atoms with Gasteiger partial charge in [-0.25, -0.2) is 21.6 Å². The molecule has 8 nitrogen and oxygen atoms in total. The Labute approximate surface area is 169 Å². The summed E-state index contributed by atoms with van der Waals surface area (Å²) in [6.07, 6.45) is -0.234. The molecule has 1 heterocycles. The molecule has 160 valence electrons. The zero-order chi connectivity index (χ0) is 22.1. The van der Waals surface area contributed by atoms with E-state index in [1.54, 1.807) is 6.07 Å². The standard InChI is InChI=1S/C18H16F3N3O5S/c19-13-5-6-15(18(21)17(13)20)30(28,29)23-9-7-22(8-10-23)16(25)11-12-3-1-2-4-14(12)24(26)27/h1-6H,7-11H2. The van der Waals surface area contributed by atoms with Crippen molar-refractivity contribution in [2.75, 3.05) is 26.2 Å². The van der Waals surface area contributed by atoms with Crippen molar-refractivity contribution in [3.05, 3.63) is 69.5 Å². The van der Waals surface area contributed by atoms with Crippen LogP contribution in [-0.4, -0.2) is 54.6 Å². The summed E-state index contributed by atoms with van der Waals surface area (Å²) in [6, 6.07) is 6.96. The maximum atomic E-state index is 13.9. The monoisotopic (exact) mass is 443 g/mol. The number of carbonyl (C=O) groups excluding carboxylic acids is 1. The number of halogens is 3. The number of amides is 1. The van der Waals surface area contributed by atoms with E-state index in [1.165, 1.54) is 23.1 Å². The summed E-state index contributed by atoms with van der Waals surface area (Å²) >= 11 is 0. The second-order valence-electron chi connectivity index (χ2n) is 6.52. The average molecular weight is 443 g/mol.